The summed E-state index contributed by atoms with van der Waals surface area (Å²) in [5, 5.41) is 0. The molecule has 148 valence electrons. The molecule has 0 bridgehead atoms. The van der Waals surface area contributed by atoms with Crippen molar-refractivity contribution in [2.45, 2.75) is 78.2 Å². The molecule has 0 aromatic heterocycles. The summed E-state index contributed by atoms with van der Waals surface area (Å²) in [6.07, 6.45) is -5.96. The van der Waals surface area contributed by atoms with Gasteiger partial charge in [-0.3, -0.25) is 9.59 Å². The molecule has 3 atom stereocenters. The summed E-state index contributed by atoms with van der Waals surface area (Å²) < 4.78 is 46.5. The Morgan fingerprint density at radius 2 is 1.65 bits per heavy atom. The number of allylic oxidation sites excluding steroid dienone is 1. The van der Waals surface area contributed by atoms with Crippen LogP contribution in [0.4, 0.5) is 13.2 Å². The van der Waals surface area contributed by atoms with E-state index in [-0.39, 0.29) is 25.2 Å². The average molecular weight is 376 g/mol. The van der Waals surface area contributed by atoms with E-state index < -0.39 is 30.3 Å². The molecule has 3 unspecified atom stereocenters. The molecule has 0 aromatic carbocycles. The Kier molecular flexibility index (Phi) is 10.7. The zero-order chi connectivity index (χ0) is 20.3. The maximum Gasteiger partial charge on any atom is 0.425 e. The van der Waals surface area contributed by atoms with Gasteiger partial charge in [0, 0.05) is 18.8 Å². The van der Waals surface area contributed by atoms with E-state index in [1.165, 1.54) is 0 Å². The third kappa shape index (κ3) is 10.8. The largest absolute Gasteiger partial charge is 0.453 e. The second-order valence-electron chi connectivity index (χ2n) is 6.25. The molecule has 0 saturated heterocycles. The van der Waals surface area contributed by atoms with Crippen LogP contribution in [0.5, 0.6) is 0 Å². The molecule has 0 aliphatic rings. The minimum absolute atomic E-state index is 0.0356. The van der Waals surface area contributed by atoms with Gasteiger partial charge in [0.15, 0.2) is 12.2 Å². The second-order valence-corrected chi connectivity index (χ2v) is 6.25. The van der Waals surface area contributed by atoms with Gasteiger partial charge in [0.1, 0.15) is 0 Å². The molecule has 0 fully saturated rings. The van der Waals surface area contributed by atoms with E-state index in [1.807, 2.05) is 13.8 Å². The molecule has 4 nitrogen and oxygen atoms in total. The fourth-order valence-corrected chi connectivity index (χ4v) is 1.99. The Labute approximate surface area is 153 Å². The van der Waals surface area contributed by atoms with Crippen molar-refractivity contribution in [2.24, 2.45) is 5.92 Å². The molecule has 0 aromatic rings. The molecule has 0 aliphatic carbocycles. The van der Waals surface area contributed by atoms with Crippen molar-refractivity contribution in [2.75, 3.05) is 0 Å². The van der Waals surface area contributed by atoms with Crippen LogP contribution in [0.3, 0.4) is 0 Å². The molecular formula is C19H27F3O4. The quantitative estimate of drug-likeness (QED) is 0.437. The molecule has 0 radical (unpaired) electrons. The fraction of sp³-hybridized carbons (Fsp3) is 0.684. The van der Waals surface area contributed by atoms with Crippen molar-refractivity contribution in [1.29, 1.82) is 0 Å². The number of alkyl halides is 3. The van der Waals surface area contributed by atoms with Crippen LogP contribution in [0.1, 0.15) is 59.8 Å². The van der Waals surface area contributed by atoms with Gasteiger partial charge in [0.05, 0.1) is 0 Å². The van der Waals surface area contributed by atoms with E-state index in [4.69, 9.17) is 4.74 Å². The van der Waals surface area contributed by atoms with Crippen LogP contribution in [0.25, 0.3) is 0 Å². The van der Waals surface area contributed by atoms with Crippen LogP contribution in [-0.4, -0.2) is 30.3 Å². The van der Waals surface area contributed by atoms with Gasteiger partial charge >= 0.3 is 18.1 Å². The number of ether oxygens (including phenoxy) is 2. The summed E-state index contributed by atoms with van der Waals surface area (Å²) in [7, 11) is 0. The standard InChI is InChI=1S/C19H27F3O4/c1-6-8-14(4)16(12-11-13(2)3)26-18(24)10-7-9-17(23)25-15(5)19(20,21)22/h14-16H,2,6-10H2,1,3-5H3. The monoisotopic (exact) mass is 376 g/mol. The fourth-order valence-electron chi connectivity index (χ4n) is 1.99. The molecule has 0 spiro atoms. The van der Waals surface area contributed by atoms with Crippen molar-refractivity contribution < 1.29 is 32.2 Å². The number of rotatable bonds is 9. The predicted octanol–water partition coefficient (Wildman–Crippen LogP) is 4.58. The van der Waals surface area contributed by atoms with Crippen molar-refractivity contribution in [3.8, 4) is 11.8 Å². The number of carbonyl (C=O) groups is 2. The van der Waals surface area contributed by atoms with Crippen LogP contribution in [0.15, 0.2) is 12.2 Å². The van der Waals surface area contributed by atoms with Crippen LogP contribution in [0, 0.1) is 17.8 Å². The lowest BCUT2D eigenvalue weighted by molar-refractivity contribution is -0.216. The summed E-state index contributed by atoms with van der Waals surface area (Å²) in [6.45, 7) is 10.1. The van der Waals surface area contributed by atoms with Crippen molar-refractivity contribution in [3.63, 3.8) is 0 Å². The molecule has 0 amide bonds. The minimum Gasteiger partial charge on any atom is -0.453 e. The van der Waals surface area contributed by atoms with Crippen molar-refractivity contribution >= 4 is 11.9 Å². The van der Waals surface area contributed by atoms with Crippen molar-refractivity contribution in [1.82, 2.24) is 0 Å². The molecule has 0 rings (SSSR count). The first-order valence-electron chi connectivity index (χ1n) is 8.60. The normalized spacial score (nSPS) is 14.4. The first-order chi connectivity index (χ1) is 12.0. The van der Waals surface area contributed by atoms with E-state index in [9.17, 15) is 22.8 Å². The zero-order valence-electron chi connectivity index (χ0n) is 15.7. The highest BCUT2D eigenvalue weighted by molar-refractivity contribution is 5.73. The summed E-state index contributed by atoms with van der Waals surface area (Å²) in [4.78, 5) is 23.3. The molecule has 0 aliphatic heterocycles. The van der Waals surface area contributed by atoms with Crippen LogP contribution in [0.2, 0.25) is 0 Å². The summed E-state index contributed by atoms with van der Waals surface area (Å²) in [5.74, 6) is 4.15. The van der Waals surface area contributed by atoms with Crippen LogP contribution < -0.4 is 0 Å². The Morgan fingerprint density at radius 1 is 1.12 bits per heavy atom. The van der Waals surface area contributed by atoms with Crippen LogP contribution >= 0.6 is 0 Å². The highest BCUT2D eigenvalue weighted by Gasteiger charge is 2.39. The number of esters is 2. The Balaban J connectivity index is 4.46. The lowest BCUT2D eigenvalue weighted by Gasteiger charge is -2.19. The van der Waals surface area contributed by atoms with Gasteiger partial charge in [-0.05, 0) is 32.3 Å². The Bertz CT molecular complexity index is 543. The van der Waals surface area contributed by atoms with E-state index >= 15 is 0 Å². The first-order valence-corrected chi connectivity index (χ1v) is 8.60. The molecule has 0 heterocycles. The lowest BCUT2D eigenvalue weighted by Crippen LogP contribution is -2.30. The highest BCUT2D eigenvalue weighted by atomic mass is 19.4. The van der Waals surface area contributed by atoms with Crippen LogP contribution in [-0.2, 0) is 19.1 Å². The Hall–Kier alpha value is -1.97. The Morgan fingerprint density at radius 3 is 2.12 bits per heavy atom. The van der Waals surface area contributed by atoms with Gasteiger partial charge in [0.25, 0.3) is 0 Å². The van der Waals surface area contributed by atoms with E-state index in [1.54, 1.807) is 6.92 Å². The second kappa shape index (κ2) is 11.6. The minimum atomic E-state index is -4.60. The summed E-state index contributed by atoms with van der Waals surface area (Å²) >= 11 is 0. The molecule has 0 N–H and O–H groups in total. The molecule has 0 saturated carbocycles. The SMILES string of the molecule is C=C(C)C#CC(OC(=O)CCCC(=O)OC(C)C(F)(F)F)C(C)CCC. The predicted molar refractivity (Wildman–Crippen MR) is 92.0 cm³/mol. The van der Waals surface area contributed by atoms with E-state index in [0.717, 1.165) is 19.8 Å². The van der Waals surface area contributed by atoms with Gasteiger partial charge in [-0.2, -0.15) is 13.2 Å². The highest BCUT2D eigenvalue weighted by Crippen LogP contribution is 2.23. The lowest BCUT2D eigenvalue weighted by atomic mass is 9.99. The summed E-state index contributed by atoms with van der Waals surface area (Å²) in [5.41, 5.74) is 0.649. The molecule has 26 heavy (non-hydrogen) atoms. The smallest absolute Gasteiger partial charge is 0.425 e. The maximum atomic E-state index is 12.3. The average Bonchev–Trinajstić information content (AvgIpc) is 2.50. The van der Waals surface area contributed by atoms with E-state index in [0.29, 0.717) is 5.57 Å². The number of halogens is 3. The third-order valence-electron chi connectivity index (χ3n) is 3.48. The topological polar surface area (TPSA) is 52.6 Å². The van der Waals surface area contributed by atoms with Gasteiger partial charge < -0.3 is 9.47 Å². The van der Waals surface area contributed by atoms with Gasteiger partial charge in [0.2, 0.25) is 0 Å². The zero-order valence-corrected chi connectivity index (χ0v) is 15.7. The number of hydrogen-bond acceptors (Lipinski definition) is 4. The number of hydrogen-bond donors (Lipinski definition) is 0. The van der Waals surface area contributed by atoms with Gasteiger partial charge in [-0.1, -0.05) is 38.7 Å². The van der Waals surface area contributed by atoms with E-state index in [2.05, 4.69) is 23.2 Å². The summed E-state index contributed by atoms with van der Waals surface area (Å²) in [6, 6.07) is 0. The third-order valence-corrected chi connectivity index (χ3v) is 3.48. The first kappa shape index (κ1) is 24.0. The van der Waals surface area contributed by atoms with Crippen molar-refractivity contribution in [3.05, 3.63) is 12.2 Å². The molecule has 7 heteroatoms. The van der Waals surface area contributed by atoms with Gasteiger partial charge in [-0.25, -0.2) is 0 Å². The van der Waals surface area contributed by atoms with Gasteiger partial charge in [-0.15, -0.1) is 0 Å². The maximum absolute atomic E-state index is 12.3. The molecular weight excluding hydrogens is 349 g/mol. The number of carbonyl (C=O) groups excluding carboxylic acids is 2.